The Bertz CT molecular complexity index is 508. The van der Waals surface area contributed by atoms with Gasteiger partial charge in [0, 0.05) is 36.1 Å². The number of halogens is 1. The number of carbonyl (C=O) groups excluding carboxylic acids is 1. The smallest absolute Gasteiger partial charge is 0.223 e. The summed E-state index contributed by atoms with van der Waals surface area (Å²) in [6.45, 7) is 10.4. The molecule has 1 N–H and O–H groups in total. The van der Waals surface area contributed by atoms with Gasteiger partial charge in [-0.25, -0.2) is 0 Å². The van der Waals surface area contributed by atoms with Crippen molar-refractivity contribution in [2.75, 3.05) is 13.1 Å². The Morgan fingerprint density at radius 3 is 2.50 bits per heavy atom. The molecule has 1 amide bonds. The van der Waals surface area contributed by atoms with E-state index in [-0.39, 0.29) is 11.8 Å². The van der Waals surface area contributed by atoms with Gasteiger partial charge in [0.1, 0.15) is 0 Å². The highest BCUT2D eigenvalue weighted by atomic mass is 35.5. The van der Waals surface area contributed by atoms with Crippen LogP contribution in [0.5, 0.6) is 0 Å². The van der Waals surface area contributed by atoms with E-state index in [0.29, 0.717) is 24.5 Å². The summed E-state index contributed by atoms with van der Waals surface area (Å²) in [5.74, 6) is 0.545. The maximum Gasteiger partial charge on any atom is 0.223 e. The zero-order valence-corrected chi connectivity index (χ0v) is 14.7. The van der Waals surface area contributed by atoms with E-state index >= 15 is 0 Å². The molecule has 2 atom stereocenters. The zero-order chi connectivity index (χ0) is 16.3. The van der Waals surface area contributed by atoms with Gasteiger partial charge in [0.25, 0.3) is 0 Å². The molecule has 1 aliphatic carbocycles. The first-order valence-corrected chi connectivity index (χ1v) is 8.57. The highest BCUT2D eigenvalue weighted by Gasteiger charge is 2.44. The molecule has 1 aromatic carbocycles. The maximum atomic E-state index is 12.2. The minimum absolute atomic E-state index is 0.0893. The van der Waals surface area contributed by atoms with Crippen molar-refractivity contribution in [1.29, 1.82) is 0 Å². The predicted octanol–water partition coefficient (Wildman–Crippen LogP) is 3.68. The third-order valence-corrected chi connectivity index (χ3v) is 4.77. The molecule has 0 radical (unpaired) electrons. The molecule has 0 heterocycles. The molecule has 1 fully saturated rings. The monoisotopic (exact) mass is 322 g/mol. The molecule has 1 aromatic rings. The molecule has 0 aliphatic heterocycles. The molecule has 2 unspecified atom stereocenters. The second-order valence-electron chi connectivity index (χ2n) is 6.69. The van der Waals surface area contributed by atoms with Gasteiger partial charge in [0.05, 0.1) is 0 Å². The van der Waals surface area contributed by atoms with Gasteiger partial charge in [-0.3, -0.25) is 9.69 Å². The molecule has 1 aliphatic rings. The molecule has 0 saturated heterocycles. The average Bonchev–Trinajstić information content (AvgIpc) is 3.23. The van der Waals surface area contributed by atoms with Crippen molar-refractivity contribution in [3.05, 3.63) is 34.9 Å². The van der Waals surface area contributed by atoms with Crippen LogP contribution in [0.25, 0.3) is 0 Å². The van der Waals surface area contributed by atoms with Crippen molar-refractivity contribution in [3.63, 3.8) is 0 Å². The summed E-state index contributed by atoms with van der Waals surface area (Å²) in [5, 5.41) is 3.85. The molecule has 4 heteroatoms. The maximum absolute atomic E-state index is 12.2. The summed E-state index contributed by atoms with van der Waals surface area (Å²) in [4.78, 5) is 14.6. The van der Waals surface area contributed by atoms with E-state index in [4.69, 9.17) is 11.6 Å². The highest BCUT2D eigenvalue weighted by molar-refractivity contribution is 6.31. The standard InChI is InChI=1S/C18H27ClN2O/c1-12(2)21(13(3)4)10-9-20-18(22)16-11-15(16)14-7-5-6-8-17(14)19/h5-8,12-13,15-16H,9-11H2,1-4H3,(H,20,22). The van der Waals surface area contributed by atoms with E-state index in [9.17, 15) is 4.79 Å². The molecule has 0 aromatic heterocycles. The van der Waals surface area contributed by atoms with Crippen LogP contribution < -0.4 is 5.32 Å². The third kappa shape index (κ3) is 4.23. The Labute approximate surface area is 139 Å². The fraction of sp³-hybridized carbons (Fsp3) is 0.611. The van der Waals surface area contributed by atoms with Crippen molar-refractivity contribution in [2.24, 2.45) is 5.92 Å². The number of amides is 1. The van der Waals surface area contributed by atoms with Crippen LogP contribution in [-0.2, 0) is 4.79 Å². The summed E-state index contributed by atoms with van der Waals surface area (Å²) >= 11 is 6.21. The van der Waals surface area contributed by atoms with Crippen LogP contribution in [0.3, 0.4) is 0 Å². The van der Waals surface area contributed by atoms with Crippen molar-refractivity contribution >= 4 is 17.5 Å². The predicted molar refractivity (Wildman–Crippen MR) is 92.3 cm³/mol. The number of hydrogen-bond donors (Lipinski definition) is 1. The second-order valence-corrected chi connectivity index (χ2v) is 7.09. The van der Waals surface area contributed by atoms with Crippen LogP contribution in [0.4, 0.5) is 0 Å². The van der Waals surface area contributed by atoms with E-state index < -0.39 is 0 Å². The lowest BCUT2D eigenvalue weighted by Gasteiger charge is -2.30. The van der Waals surface area contributed by atoms with E-state index in [1.165, 1.54) is 0 Å². The van der Waals surface area contributed by atoms with Gasteiger partial charge >= 0.3 is 0 Å². The second kappa shape index (κ2) is 7.47. The lowest BCUT2D eigenvalue weighted by molar-refractivity contribution is -0.122. The van der Waals surface area contributed by atoms with E-state index in [1.807, 2.05) is 24.3 Å². The van der Waals surface area contributed by atoms with Crippen LogP contribution in [0.15, 0.2) is 24.3 Å². The van der Waals surface area contributed by atoms with Gasteiger partial charge in [0.2, 0.25) is 5.91 Å². The zero-order valence-electron chi connectivity index (χ0n) is 14.0. The first-order chi connectivity index (χ1) is 10.4. The van der Waals surface area contributed by atoms with Crippen LogP contribution in [-0.4, -0.2) is 36.0 Å². The summed E-state index contributed by atoms with van der Waals surface area (Å²) in [7, 11) is 0. The Balaban J connectivity index is 1.79. The molecule has 0 bridgehead atoms. The first kappa shape index (κ1) is 17.3. The van der Waals surface area contributed by atoms with E-state index in [1.54, 1.807) is 0 Å². The van der Waals surface area contributed by atoms with Gasteiger partial charge in [-0.2, -0.15) is 0 Å². The van der Waals surface area contributed by atoms with Gasteiger partial charge in [-0.15, -0.1) is 0 Å². The van der Waals surface area contributed by atoms with Crippen molar-refractivity contribution < 1.29 is 4.79 Å². The highest BCUT2D eigenvalue weighted by Crippen LogP contribution is 2.49. The Morgan fingerprint density at radius 2 is 1.91 bits per heavy atom. The first-order valence-electron chi connectivity index (χ1n) is 8.19. The van der Waals surface area contributed by atoms with Crippen molar-refractivity contribution in [1.82, 2.24) is 10.2 Å². The fourth-order valence-corrected chi connectivity index (χ4v) is 3.43. The van der Waals surface area contributed by atoms with Crippen molar-refractivity contribution in [3.8, 4) is 0 Å². The number of hydrogen-bond acceptors (Lipinski definition) is 2. The molecule has 122 valence electrons. The van der Waals surface area contributed by atoms with Gasteiger partial charge in [0.15, 0.2) is 0 Å². The average molecular weight is 323 g/mol. The fourth-order valence-electron chi connectivity index (χ4n) is 3.16. The van der Waals surface area contributed by atoms with Gasteiger partial charge in [-0.1, -0.05) is 29.8 Å². The SMILES string of the molecule is CC(C)N(CCNC(=O)C1CC1c1ccccc1Cl)C(C)C. The van der Waals surface area contributed by atoms with E-state index in [2.05, 4.69) is 37.9 Å². The minimum Gasteiger partial charge on any atom is -0.355 e. The molecule has 2 rings (SSSR count). The molecular weight excluding hydrogens is 296 g/mol. The number of benzene rings is 1. The summed E-state index contributed by atoms with van der Waals surface area (Å²) < 4.78 is 0. The normalized spacial score (nSPS) is 20.7. The largest absolute Gasteiger partial charge is 0.355 e. The molecule has 22 heavy (non-hydrogen) atoms. The van der Waals surface area contributed by atoms with Crippen LogP contribution in [0.1, 0.15) is 45.6 Å². The van der Waals surface area contributed by atoms with Crippen LogP contribution >= 0.6 is 11.6 Å². The Hall–Kier alpha value is -1.06. The summed E-state index contributed by atoms with van der Waals surface area (Å²) in [6.07, 6.45) is 0.910. The molecule has 1 saturated carbocycles. The lowest BCUT2D eigenvalue weighted by Crippen LogP contribution is -2.42. The molecule has 0 spiro atoms. The lowest BCUT2D eigenvalue weighted by atomic mass is 10.1. The number of carbonyl (C=O) groups is 1. The number of nitrogens with one attached hydrogen (secondary N) is 1. The Kier molecular flexibility index (Phi) is 5.87. The van der Waals surface area contributed by atoms with Crippen molar-refractivity contribution in [2.45, 2.75) is 52.1 Å². The minimum atomic E-state index is 0.0893. The third-order valence-electron chi connectivity index (χ3n) is 4.43. The molecular formula is C18H27ClN2O. The topological polar surface area (TPSA) is 32.3 Å². The Morgan fingerprint density at radius 1 is 1.27 bits per heavy atom. The number of nitrogens with zero attached hydrogens (tertiary/aromatic N) is 1. The van der Waals surface area contributed by atoms with Gasteiger partial charge in [-0.05, 0) is 51.7 Å². The van der Waals surface area contributed by atoms with Gasteiger partial charge < -0.3 is 5.32 Å². The quantitative estimate of drug-likeness (QED) is 0.830. The summed E-state index contributed by atoms with van der Waals surface area (Å²) in [6, 6.07) is 8.82. The number of rotatable bonds is 7. The van der Waals surface area contributed by atoms with E-state index in [0.717, 1.165) is 23.6 Å². The van der Waals surface area contributed by atoms with Crippen LogP contribution in [0, 0.1) is 5.92 Å². The summed E-state index contributed by atoms with van der Waals surface area (Å²) in [5.41, 5.74) is 1.11. The van der Waals surface area contributed by atoms with Crippen LogP contribution in [0.2, 0.25) is 5.02 Å². The molecule has 3 nitrogen and oxygen atoms in total.